The molecule has 0 fully saturated rings. The normalized spacial score (nSPS) is 10.3. The summed E-state index contributed by atoms with van der Waals surface area (Å²) in [5, 5.41) is 14.2. The molecule has 0 radical (unpaired) electrons. The topological polar surface area (TPSA) is 55.2 Å². The molecular weight excluding hydrogens is 252 g/mol. The molecule has 0 amide bonds. The fraction of sp³-hybridized carbons (Fsp3) is 0.250. The van der Waals surface area contributed by atoms with E-state index in [-0.39, 0.29) is 10.6 Å². The zero-order chi connectivity index (χ0) is 14.5. The highest BCUT2D eigenvalue weighted by molar-refractivity contribution is 5.66. The number of rotatable bonds is 5. The number of nitro benzene ring substituents is 1. The molecule has 0 aliphatic rings. The lowest BCUT2D eigenvalue weighted by atomic mass is 10.1. The van der Waals surface area contributed by atoms with Crippen LogP contribution < -0.4 is 5.32 Å². The van der Waals surface area contributed by atoms with E-state index in [0.717, 1.165) is 12.0 Å². The Balaban J connectivity index is 2.08. The van der Waals surface area contributed by atoms with Crippen molar-refractivity contribution in [2.24, 2.45) is 0 Å². The van der Waals surface area contributed by atoms with Crippen LogP contribution in [0.15, 0.2) is 42.5 Å². The SMILES string of the molecule is Cc1ccccc1CCNc1c(C)cccc1[N+](=O)[O-]. The van der Waals surface area contributed by atoms with Gasteiger partial charge < -0.3 is 5.32 Å². The Kier molecular flexibility index (Phi) is 4.35. The van der Waals surface area contributed by atoms with E-state index < -0.39 is 0 Å². The van der Waals surface area contributed by atoms with Gasteiger partial charge in [-0.1, -0.05) is 36.4 Å². The molecule has 0 bridgehead atoms. The van der Waals surface area contributed by atoms with Gasteiger partial charge in [-0.25, -0.2) is 0 Å². The van der Waals surface area contributed by atoms with E-state index in [1.54, 1.807) is 6.07 Å². The van der Waals surface area contributed by atoms with Crippen molar-refractivity contribution in [2.45, 2.75) is 20.3 Å². The van der Waals surface area contributed by atoms with Gasteiger partial charge in [0.25, 0.3) is 5.69 Å². The number of nitrogens with one attached hydrogen (secondary N) is 1. The molecule has 2 aromatic carbocycles. The van der Waals surface area contributed by atoms with E-state index in [9.17, 15) is 10.1 Å². The van der Waals surface area contributed by atoms with Gasteiger partial charge in [-0.15, -0.1) is 0 Å². The molecule has 0 heterocycles. The van der Waals surface area contributed by atoms with Crippen molar-refractivity contribution in [1.29, 1.82) is 0 Å². The minimum atomic E-state index is -0.344. The highest BCUT2D eigenvalue weighted by Gasteiger charge is 2.14. The van der Waals surface area contributed by atoms with Gasteiger partial charge in [0.15, 0.2) is 0 Å². The van der Waals surface area contributed by atoms with Gasteiger partial charge in [0.1, 0.15) is 5.69 Å². The van der Waals surface area contributed by atoms with Gasteiger partial charge in [0.2, 0.25) is 0 Å². The average Bonchev–Trinajstić information content (AvgIpc) is 2.42. The summed E-state index contributed by atoms with van der Waals surface area (Å²) in [6.07, 6.45) is 0.845. The van der Waals surface area contributed by atoms with Gasteiger partial charge in [-0.3, -0.25) is 10.1 Å². The first-order chi connectivity index (χ1) is 9.59. The molecule has 104 valence electrons. The Morgan fingerprint density at radius 1 is 1.05 bits per heavy atom. The van der Waals surface area contributed by atoms with Gasteiger partial charge in [0, 0.05) is 12.6 Å². The van der Waals surface area contributed by atoms with Crippen molar-refractivity contribution in [3.8, 4) is 0 Å². The van der Waals surface area contributed by atoms with E-state index in [0.29, 0.717) is 12.2 Å². The van der Waals surface area contributed by atoms with Crippen molar-refractivity contribution < 1.29 is 4.92 Å². The summed E-state index contributed by atoms with van der Waals surface area (Å²) < 4.78 is 0. The maximum atomic E-state index is 11.0. The molecule has 0 unspecified atom stereocenters. The van der Waals surface area contributed by atoms with E-state index in [1.807, 2.05) is 25.1 Å². The molecule has 0 aliphatic carbocycles. The van der Waals surface area contributed by atoms with Crippen molar-refractivity contribution in [3.05, 3.63) is 69.3 Å². The van der Waals surface area contributed by atoms with Gasteiger partial charge in [-0.2, -0.15) is 0 Å². The van der Waals surface area contributed by atoms with Crippen LogP contribution in [0.4, 0.5) is 11.4 Å². The number of nitro groups is 1. The first kappa shape index (κ1) is 14.1. The second-order valence-electron chi connectivity index (χ2n) is 4.83. The highest BCUT2D eigenvalue weighted by Crippen LogP contribution is 2.27. The van der Waals surface area contributed by atoms with Crippen LogP contribution in [-0.2, 0) is 6.42 Å². The average molecular weight is 270 g/mol. The lowest BCUT2D eigenvalue weighted by Crippen LogP contribution is -2.08. The van der Waals surface area contributed by atoms with Crippen molar-refractivity contribution in [3.63, 3.8) is 0 Å². The van der Waals surface area contributed by atoms with Gasteiger partial charge in [-0.05, 0) is 37.0 Å². The van der Waals surface area contributed by atoms with Crippen LogP contribution in [0.25, 0.3) is 0 Å². The van der Waals surface area contributed by atoms with Crippen LogP contribution in [0.2, 0.25) is 0 Å². The molecule has 4 nitrogen and oxygen atoms in total. The number of anilines is 1. The Morgan fingerprint density at radius 2 is 1.75 bits per heavy atom. The number of benzene rings is 2. The summed E-state index contributed by atoms with van der Waals surface area (Å²) in [5.74, 6) is 0. The molecule has 0 aliphatic heterocycles. The number of aryl methyl sites for hydroxylation is 2. The Hall–Kier alpha value is -2.36. The van der Waals surface area contributed by atoms with Crippen LogP contribution in [0, 0.1) is 24.0 Å². The minimum absolute atomic E-state index is 0.134. The van der Waals surface area contributed by atoms with E-state index in [2.05, 4.69) is 24.4 Å². The number of nitrogens with zero attached hydrogens (tertiary/aromatic N) is 1. The molecule has 2 aromatic rings. The standard InChI is InChI=1S/C16H18N2O2/c1-12-6-3-4-8-14(12)10-11-17-16-13(2)7-5-9-15(16)18(19)20/h3-9,17H,10-11H2,1-2H3. The maximum absolute atomic E-state index is 11.0. The summed E-state index contributed by atoms with van der Waals surface area (Å²) in [4.78, 5) is 10.7. The Morgan fingerprint density at radius 3 is 2.45 bits per heavy atom. The number of para-hydroxylation sites is 1. The van der Waals surface area contributed by atoms with Crippen LogP contribution in [0.5, 0.6) is 0 Å². The summed E-state index contributed by atoms with van der Waals surface area (Å²) in [7, 11) is 0. The fourth-order valence-corrected chi connectivity index (χ4v) is 2.25. The smallest absolute Gasteiger partial charge is 0.292 e. The predicted octanol–water partition coefficient (Wildman–Crippen LogP) is 3.87. The lowest BCUT2D eigenvalue weighted by Gasteiger charge is -2.11. The van der Waals surface area contributed by atoms with Crippen molar-refractivity contribution >= 4 is 11.4 Å². The zero-order valence-electron chi connectivity index (χ0n) is 11.7. The molecule has 0 aromatic heterocycles. The monoisotopic (exact) mass is 270 g/mol. The van der Waals surface area contributed by atoms with Gasteiger partial charge in [0.05, 0.1) is 4.92 Å². The van der Waals surface area contributed by atoms with E-state index in [4.69, 9.17) is 0 Å². The second kappa shape index (κ2) is 6.19. The van der Waals surface area contributed by atoms with E-state index in [1.165, 1.54) is 17.2 Å². The molecule has 0 atom stereocenters. The minimum Gasteiger partial charge on any atom is -0.379 e. The van der Waals surface area contributed by atoms with Crippen molar-refractivity contribution in [2.75, 3.05) is 11.9 Å². The quantitative estimate of drug-likeness (QED) is 0.663. The Labute approximate surface area is 118 Å². The summed E-state index contributed by atoms with van der Waals surface area (Å²) in [5.41, 5.74) is 4.15. The highest BCUT2D eigenvalue weighted by atomic mass is 16.6. The molecule has 2 rings (SSSR count). The summed E-state index contributed by atoms with van der Waals surface area (Å²) in [6, 6.07) is 13.3. The number of hydrogen-bond acceptors (Lipinski definition) is 3. The molecule has 1 N–H and O–H groups in total. The second-order valence-corrected chi connectivity index (χ2v) is 4.83. The van der Waals surface area contributed by atoms with Crippen LogP contribution in [-0.4, -0.2) is 11.5 Å². The summed E-state index contributed by atoms with van der Waals surface area (Å²) >= 11 is 0. The zero-order valence-corrected chi connectivity index (χ0v) is 11.7. The first-order valence-corrected chi connectivity index (χ1v) is 6.62. The first-order valence-electron chi connectivity index (χ1n) is 6.62. The third-order valence-electron chi connectivity index (χ3n) is 3.40. The van der Waals surface area contributed by atoms with Crippen LogP contribution in [0.3, 0.4) is 0 Å². The Bertz CT molecular complexity index is 624. The van der Waals surface area contributed by atoms with Gasteiger partial charge >= 0.3 is 0 Å². The third-order valence-corrected chi connectivity index (χ3v) is 3.40. The van der Waals surface area contributed by atoms with Crippen LogP contribution >= 0.6 is 0 Å². The lowest BCUT2D eigenvalue weighted by molar-refractivity contribution is -0.384. The van der Waals surface area contributed by atoms with E-state index >= 15 is 0 Å². The predicted molar refractivity (Wildman–Crippen MR) is 81.2 cm³/mol. The summed E-state index contributed by atoms with van der Waals surface area (Å²) in [6.45, 7) is 4.63. The van der Waals surface area contributed by atoms with Crippen LogP contribution in [0.1, 0.15) is 16.7 Å². The fourth-order valence-electron chi connectivity index (χ4n) is 2.25. The molecule has 20 heavy (non-hydrogen) atoms. The molecule has 0 saturated carbocycles. The molecule has 0 saturated heterocycles. The molecule has 4 heteroatoms. The van der Waals surface area contributed by atoms with Crippen molar-refractivity contribution in [1.82, 2.24) is 0 Å². The molecule has 0 spiro atoms. The largest absolute Gasteiger partial charge is 0.379 e. The third kappa shape index (κ3) is 3.15. The number of hydrogen-bond donors (Lipinski definition) is 1. The molecular formula is C16H18N2O2. The maximum Gasteiger partial charge on any atom is 0.292 e.